The van der Waals surface area contributed by atoms with E-state index >= 15 is 0 Å². The summed E-state index contributed by atoms with van der Waals surface area (Å²) in [7, 11) is 0. The van der Waals surface area contributed by atoms with Crippen LogP contribution in [0.5, 0.6) is 5.75 Å². The number of benzene rings is 1. The molecule has 0 aliphatic heterocycles. The maximum Gasteiger partial charge on any atom is 0.290 e. The van der Waals surface area contributed by atoms with Crippen molar-refractivity contribution in [2.45, 2.75) is 20.8 Å². The fourth-order valence-corrected chi connectivity index (χ4v) is 2.58. The van der Waals surface area contributed by atoms with Crippen LogP contribution in [0.4, 0.5) is 0 Å². The minimum atomic E-state index is -0.294. The van der Waals surface area contributed by atoms with E-state index in [9.17, 15) is 4.79 Å². The van der Waals surface area contributed by atoms with Crippen LogP contribution in [0.2, 0.25) is 0 Å². The summed E-state index contributed by atoms with van der Waals surface area (Å²) < 4.78 is 7.18. The quantitative estimate of drug-likeness (QED) is 0.575. The predicted octanol–water partition coefficient (Wildman–Crippen LogP) is 3.11. The lowest BCUT2D eigenvalue weighted by molar-refractivity contribution is 0.0948. The van der Waals surface area contributed by atoms with Gasteiger partial charge in [0.15, 0.2) is 0 Å². The average Bonchev–Trinajstić information content (AvgIpc) is 2.91. The van der Waals surface area contributed by atoms with Gasteiger partial charge >= 0.3 is 0 Å². The number of carbonyl (C=O) groups excluding carboxylic acids is 1. The molecule has 1 N–H and O–H groups in total. The number of imidazole rings is 1. The van der Waals surface area contributed by atoms with Crippen molar-refractivity contribution >= 4 is 17.8 Å². The Kier molecular flexibility index (Phi) is 4.79. The highest BCUT2D eigenvalue weighted by atomic mass is 16.5. The first-order valence-corrected chi connectivity index (χ1v) is 8.10. The molecule has 0 atom stereocenters. The molecule has 0 saturated heterocycles. The van der Waals surface area contributed by atoms with E-state index in [1.54, 1.807) is 10.6 Å². The summed E-state index contributed by atoms with van der Waals surface area (Å²) in [4.78, 5) is 16.9. The molecule has 128 valence electrons. The Labute approximate surface area is 146 Å². The molecule has 1 aromatic carbocycles. The van der Waals surface area contributed by atoms with Gasteiger partial charge in [0.1, 0.15) is 17.1 Å². The van der Waals surface area contributed by atoms with Gasteiger partial charge in [0.25, 0.3) is 5.91 Å². The highest BCUT2D eigenvalue weighted by Crippen LogP contribution is 2.13. The van der Waals surface area contributed by atoms with Gasteiger partial charge in [0.2, 0.25) is 0 Å². The lowest BCUT2D eigenvalue weighted by atomic mass is 10.2. The number of hydrazone groups is 1. The number of hydrogen-bond acceptors (Lipinski definition) is 4. The molecule has 0 unspecified atom stereocenters. The molecule has 2 aromatic heterocycles. The molecule has 0 spiro atoms. The lowest BCUT2D eigenvalue weighted by Crippen LogP contribution is -2.20. The second-order valence-electron chi connectivity index (χ2n) is 5.68. The van der Waals surface area contributed by atoms with E-state index < -0.39 is 0 Å². The normalized spacial score (nSPS) is 11.2. The zero-order valence-corrected chi connectivity index (χ0v) is 14.5. The molecule has 3 aromatic rings. The van der Waals surface area contributed by atoms with E-state index in [1.807, 2.05) is 63.4 Å². The van der Waals surface area contributed by atoms with E-state index in [0.29, 0.717) is 18.0 Å². The first kappa shape index (κ1) is 16.7. The Hall–Kier alpha value is -3.15. The zero-order valence-electron chi connectivity index (χ0n) is 14.5. The molecule has 0 fully saturated rings. The molecule has 6 heteroatoms. The fourth-order valence-electron chi connectivity index (χ4n) is 2.58. The molecule has 0 radical (unpaired) electrons. The third-order valence-electron chi connectivity index (χ3n) is 3.73. The average molecular weight is 336 g/mol. The number of amides is 1. The third-order valence-corrected chi connectivity index (χ3v) is 3.73. The van der Waals surface area contributed by atoms with Crippen molar-refractivity contribution in [1.82, 2.24) is 14.8 Å². The highest BCUT2D eigenvalue weighted by Gasteiger charge is 2.15. The number of hydrogen-bond donors (Lipinski definition) is 1. The number of aryl methyl sites for hydroxylation is 2. The topological polar surface area (TPSA) is 68.0 Å². The van der Waals surface area contributed by atoms with E-state index in [4.69, 9.17) is 4.74 Å². The van der Waals surface area contributed by atoms with Crippen LogP contribution in [0.25, 0.3) is 5.65 Å². The molecular weight excluding hydrogens is 316 g/mol. The summed E-state index contributed by atoms with van der Waals surface area (Å²) in [6, 6.07) is 11.3. The van der Waals surface area contributed by atoms with Gasteiger partial charge in [-0.15, -0.1) is 0 Å². The van der Waals surface area contributed by atoms with Crippen molar-refractivity contribution in [2.75, 3.05) is 6.61 Å². The lowest BCUT2D eigenvalue weighted by Gasteiger charge is -2.03. The summed E-state index contributed by atoms with van der Waals surface area (Å²) in [6.45, 7) is 6.35. The number of rotatable bonds is 5. The van der Waals surface area contributed by atoms with Gasteiger partial charge in [-0.1, -0.05) is 6.07 Å². The van der Waals surface area contributed by atoms with Crippen LogP contribution in [0.1, 0.15) is 34.2 Å². The Morgan fingerprint density at radius 1 is 1.24 bits per heavy atom. The molecule has 0 bridgehead atoms. The summed E-state index contributed by atoms with van der Waals surface area (Å²) >= 11 is 0. The first-order valence-electron chi connectivity index (χ1n) is 8.10. The van der Waals surface area contributed by atoms with Crippen molar-refractivity contribution in [1.29, 1.82) is 0 Å². The van der Waals surface area contributed by atoms with E-state index in [-0.39, 0.29) is 5.91 Å². The number of pyridine rings is 1. The molecule has 0 aliphatic carbocycles. The molecular formula is C19H20N4O2. The van der Waals surface area contributed by atoms with Crippen LogP contribution < -0.4 is 10.2 Å². The van der Waals surface area contributed by atoms with E-state index in [2.05, 4.69) is 15.5 Å². The first-order chi connectivity index (χ1) is 12.1. The van der Waals surface area contributed by atoms with Gasteiger partial charge in [-0.3, -0.25) is 9.20 Å². The summed E-state index contributed by atoms with van der Waals surface area (Å²) in [6.07, 6.45) is 3.48. The molecule has 3 rings (SSSR count). The van der Waals surface area contributed by atoms with Crippen LogP contribution >= 0.6 is 0 Å². The zero-order chi connectivity index (χ0) is 17.8. The summed E-state index contributed by atoms with van der Waals surface area (Å²) in [5.74, 6) is 0.512. The number of aromatic nitrogens is 2. The smallest absolute Gasteiger partial charge is 0.290 e. The summed E-state index contributed by atoms with van der Waals surface area (Å²) in [5.41, 5.74) is 6.38. The van der Waals surface area contributed by atoms with Crippen molar-refractivity contribution < 1.29 is 9.53 Å². The minimum Gasteiger partial charge on any atom is -0.494 e. The van der Waals surface area contributed by atoms with Crippen LogP contribution in [-0.4, -0.2) is 28.1 Å². The molecule has 0 aliphatic rings. The van der Waals surface area contributed by atoms with Gasteiger partial charge in [-0.25, -0.2) is 10.4 Å². The van der Waals surface area contributed by atoms with E-state index in [0.717, 1.165) is 22.5 Å². The maximum absolute atomic E-state index is 12.5. The second kappa shape index (κ2) is 7.17. The van der Waals surface area contributed by atoms with Crippen molar-refractivity contribution in [3.05, 3.63) is 65.1 Å². The number of fused-ring (bicyclic) bond motifs is 1. The van der Waals surface area contributed by atoms with Crippen molar-refractivity contribution in [2.24, 2.45) is 5.10 Å². The second-order valence-corrected chi connectivity index (χ2v) is 5.68. The Morgan fingerprint density at radius 2 is 2.00 bits per heavy atom. The van der Waals surface area contributed by atoms with Crippen LogP contribution in [-0.2, 0) is 0 Å². The Morgan fingerprint density at radius 3 is 2.72 bits per heavy atom. The number of carbonyl (C=O) groups is 1. The monoisotopic (exact) mass is 336 g/mol. The number of nitrogens with zero attached hydrogens (tertiary/aromatic N) is 3. The molecule has 6 nitrogen and oxygen atoms in total. The Balaban J connectivity index is 1.74. The standard InChI is InChI=1S/C19H20N4O2/c1-4-25-16-8-6-15(7-9-16)11-20-22-19(24)18-14(3)21-17-10-5-13(2)12-23(17)18/h5-12H,4H2,1-3H3,(H,22,24)/b20-11-. The highest BCUT2D eigenvalue weighted by molar-refractivity contribution is 5.95. The van der Waals surface area contributed by atoms with Gasteiger partial charge < -0.3 is 4.74 Å². The SMILES string of the molecule is CCOc1ccc(/C=N\NC(=O)c2c(C)nc3ccc(C)cn23)cc1. The van der Waals surface area contributed by atoms with Crippen LogP contribution in [0.3, 0.4) is 0 Å². The van der Waals surface area contributed by atoms with Gasteiger partial charge in [0.05, 0.1) is 18.5 Å². The number of nitrogens with one attached hydrogen (secondary N) is 1. The summed E-state index contributed by atoms with van der Waals surface area (Å²) in [5, 5.41) is 4.04. The predicted molar refractivity (Wildman–Crippen MR) is 97.3 cm³/mol. The van der Waals surface area contributed by atoms with Gasteiger partial charge in [-0.2, -0.15) is 5.10 Å². The maximum atomic E-state index is 12.5. The largest absolute Gasteiger partial charge is 0.494 e. The van der Waals surface area contributed by atoms with Crippen molar-refractivity contribution in [3.63, 3.8) is 0 Å². The fraction of sp³-hybridized carbons (Fsp3) is 0.211. The van der Waals surface area contributed by atoms with E-state index in [1.165, 1.54) is 0 Å². The minimum absolute atomic E-state index is 0.294. The molecule has 0 saturated carbocycles. The van der Waals surface area contributed by atoms with Crippen LogP contribution in [0.15, 0.2) is 47.7 Å². The van der Waals surface area contributed by atoms with Crippen molar-refractivity contribution in [3.8, 4) is 5.75 Å². The molecule has 1 amide bonds. The van der Waals surface area contributed by atoms with Crippen LogP contribution in [0, 0.1) is 13.8 Å². The van der Waals surface area contributed by atoms with Gasteiger partial charge in [-0.05, 0) is 62.2 Å². The molecule has 25 heavy (non-hydrogen) atoms. The Bertz CT molecular complexity index is 926. The molecule has 2 heterocycles. The van der Waals surface area contributed by atoms with Gasteiger partial charge in [0, 0.05) is 6.20 Å². The third kappa shape index (κ3) is 3.68. The number of ether oxygens (including phenoxy) is 1.